The Morgan fingerprint density at radius 2 is 2.00 bits per heavy atom. The molecule has 1 aromatic rings. The number of carbonyl (C=O) groups excluding carboxylic acids is 2. The second-order valence-electron chi connectivity index (χ2n) is 5.17. The molecule has 1 heterocycles. The topological polar surface area (TPSA) is 91.5 Å². The summed E-state index contributed by atoms with van der Waals surface area (Å²) in [5.74, 6) is -0.687. The SMILES string of the molecule is CCOC(=O)c1noc(CCCC(=O)OC(C)(C)C)n1. The van der Waals surface area contributed by atoms with Gasteiger partial charge in [0.1, 0.15) is 5.60 Å². The van der Waals surface area contributed by atoms with Crippen molar-refractivity contribution < 1.29 is 23.6 Å². The van der Waals surface area contributed by atoms with Crippen LogP contribution in [0.2, 0.25) is 0 Å². The summed E-state index contributed by atoms with van der Waals surface area (Å²) in [5, 5.41) is 3.52. The average molecular weight is 284 g/mol. The standard InChI is InChI=1S/C13H20N2O5/c1-5-18-12(17)11-14-9(20-15-11)7-6-8-10(16)19-13(2,3)4/h5-8H2,1-4H3. The molecule has 0 aliphatic rings. The fraction of sp³-hybridized carbons (Fsp3) is 0.692. The van der Waals surface area contributed by atoms with Crippen molar-refractivity contribution in [2.75, 3.05) is 6.61 Å². The molecule has 0 amide bonds. The summed E-state index contributed by atoms with van der Waals surface area (Å²) in [7, 11) is 0. The molecule has 0 aromatic carbocycles. The molecule has 0 aliphatic heterocycles. The van der Waals surface area contributed by atoms with E-state index in [9.17, 15) is 9.59 Å². The number of hydrogen-bond acceptors (Lipinski definition) is 7. The van der Waals surface area contributed by atoms with E-state index in [0.29, 0.717) is 18.7 Å². The zero-order chi connectivity index (χ0) is 15.2. The van der Waals surface area contributed by atoms with Crippen LogP contribution in [-0.4, -0.2) is 34.3 Å². The Morgan fingerprint density at radius 1 is 1.30 bits per heavy atom. The van der Waals surface area contributed by atoms with Gasteiger partial charge in [0.05, 0.1) is 6.61 Å². The monoisotopic (exact) mass is 284 g/mol. The molecule has 0 radical (unpaired) electrons. The number of carbonyl (C=O) groups is 2. The first-order chi connectivity index (χ1) is 9.31. The van der Waals surface area contributed by atoms with Gasteiger partial charge in [-0.2, -0.15) is 4.98 Å². The highest BCUT2D eigenvalue weighted by atomic mass is 16.6. The molecule has 112 valence electrons. The van der Waals surface area contributed by atoms with E-state index in [4.69, 9.17) is 14.0 Å². The highest BCUT2D eigenvalue weighted by molar-refractivity contribution is 5.84. The molecule has 0 fully saturated rings. The van der Waals surface area contributed by atoms with Crippen LogP contribution in [0.15, 0.2) is 4.52 Å². The van der Waals surface area contributed by atoms with Crippen LogP contribution in [0, 0.1) is 0 Å². The molecule has 0 spiro atoms. The van der Waals surface area contributed by atoms with Crippen LogP contribution >= 0.6 is 0 Å². The Hall–Kier alpha value is -1.92. The Labute approximate surface area is 117 Å². The van der Waals surface area contributed by atoms with Gasteiger partial charge in [-0.1, -0.05) is 0 Å². The van der Waals surface area contributed by atoms with Crippen molar-refractivity contribution in [3.8, 4) is 0 Å². The van der Waals surface area contributed by atoms with Crippen molar-refractivity contribution >= 4 is 11.9 Å². The quantitative estimate of drug-likeness (QED) is 0.737. The largest absolute Gasteiger partial charge is 0.460 e. The predicted octanol–water partition coefficient (Wildman–Crippen LogP) is 1.91. The third-order valence-electron chi connectivity index (χ3n) is 2.12. The van der Waals surface area contributed by atoms with E-state index in [1.807, 2.05) is 20.8 Å². The predicted molar refractivity (Wildman–Crippen MR) is 69.0 cm³/mol. The molecule has 1 aromatic heterocycles. The number of rotatable bonds is 6. The molecule has 0 saturated heterocycles. The average Bonchev–Trinajstić information content (AvgIpc) is 2.75. The van der Waals surface area contributed by atoms with E-state index < -0.39 is 11.6 Å². The molecule has 0 atom stereocenters. The van der Waals surface area contributed by atoms with Gasteiger partial charge in [-0.15, -0.1) is 0 Å². The molecule has 0 aliphatic carbocycles. The van der Waals surface area contributed by atoms with Gasteiger partial charge in [0.25, 0.3) is 5.82 Å². The molecule has 0 bridgehead atoms. The highest BCUT2D eigenvalue weighted by Gasteiger charge is 2.18. The maximum Gasteiger partial charge on any atom is 0.379 e. The van der Waals surface area contributed by atoms with Crippen LogP contribution < -0.4 is 0 Å². The molecule has 0 unspecified atom stereocenters. The van der Waals surface area contributed by atoms with Gasteiger partial charge in [-0.25, -0.2) is 4.79 Å². The zero-order valence-electron chi connectivity index (χ0n) is 12.3. The number of aromatic nitrogens is 2. The van der Waals surface area contributed by atoms with Crippen LogP contribution in [0.25, 0.3) is 0 Å². The van der Waals surface area contributed by atoms with Gasteiger partial charge < -0.3 is 14.0 Å². The molecule has 20 heavy (non-hydrogen) atoms. The minimum absolute atomic E-state index is 0.0980. The Bertz CT molecular complexity index is 462. The Kier molecular flexibility index (Phi) is 5.66. The van der Waals surface area contributed by atoms with Crippen LogP contribution in [0.5, 0.6) is 0 Å². The third kappa shape index (κ3) is 5.81. The van der Waals surface area contributed by atoms with E-state index in [2.05, 4.69) is 10.1 Å². The summed E-state index contributed by atoms with van der Waals surface area (Å²) in [5.41, 5.74) is -0.487. The van der Waals surface area contributed by atoms with Crippen LogP contribution in [0.1, 0.15) is 57.0 Å². The van der Waals surface area contributed by atoms with Gasteiger partial charge >= 0.3 is 11.9 Å². The Morgan fingerprint density at radius 3 is 2.60 bits per heavy atom. The van der Waals surface area contributed by atoms with Gasteiger partial charge in [0, 0.05) is 12.8 Å². The van der Waals surface area contributed by atoms with E-state index in [0.717, 1.165) is 0 Å². The summed E-state index contributed by atoms with van der Waals surface area (Å²) < 4.78 is 14.8. The smallest absolute Gasteiger partial charge is 0.379 e. The Balaban J connectivity index is 2.36. The third-order valence-corrected chi connectivity index (χ3v) is 2.12. The van der Waals surface area contributed by atoms with Crippen molar-refractivity contribution in [1.29, 1.82) is 0 Å². The van der Waals surface area contributed by atoms with Gasteiger partial charge in [0.15, 0.2) is 0 Å². The first kappa shape index (κ1) is 16.1. The lowest BCUT2D eigenvalue weighted by Crippen LogP contribution is -2.23. The van der Waals surface area contributed by atoms with E-state index in [-0.39, 0.29) is 24.8 Å². The number of aryl methyl sites for hydroxylation is 1. The maximum absolute atomic E-state index is 11.5. The minimum atomic E-state index is -0.616. The summed E-state index contributed by atoms with van der Waals surface area (Å²) in [4.78, 5) is 26.7. The number of nitrogens with zero attached hydrogens (tertiary/aromatic N) is 2. The van der Waals surface area contributed by atoms with Crippen LogP contribution in [0.3, 0.4) is 0 Å². The molecular formula is C13H20N2O5. The van der Waals surface area contributed by atoms with E-state index in [1.165, 1.54) is 0 Å². The minimum Gasteiger partial charge on any atom is -0.460 e. The molecule has 0 saturated carbocycles. The fourth-order valence-corrected chi connectivity index (χ4v) is 1.41. The summed E-state index contributed by atoms with van der Waals surface area (Å²) in [6, 6.07) is 0. The van der Waals surface area contributed by atoms with Crippen LogP contribution in [-0.2, 0) is 20.7 Å². The van der Waals surface area contributed by atoms with Crippen molar-refractivity contribution in [2.24, 2.45) is 0 Å². The number of esters is 2. The van der Waals surface area contributed by atoms with Crippen molar-refractivity contribution in [1.82, 2.24) is 10.1 Å². The lowest BCUT2D eigenvalue weighted by molar-refractivity contribution is -0.154. The van der Waals surface area contributed by atoms with Crippen LogP contribution in [0.4, 0.5) is 0 Å². The first-order valence-corrected chi connectivity index (χ1v) is 6.53. The zero-order valence-corrected chi connectivity index (χ0v) is 12.3. The molecular weight excluding hydrogens is 264 g/mol. The first-order valence-electron chi connectivity index (χ1n) is 6.53. The lowest BCUT2D eigenvalue weighted by atomic mass is 10.2. The molecule has 7 nitrogen and oxygen atoms in total. The van der Waals surface area contributed by atoms with Crippen molar-refractivity contribution in [2.45, 2.75) is 52.6 Å². The van der Waals surface area contributed by atoms with Crippen molar-refractivity contribution in [3.63, 3.8) is 0 Å². The second-order valence-corrected chi connectivity index (χ2v) is 5.17. The van der Waals surface area contributed by atoms with E-state index >= 15 is 0 Å². The second kappa shape index (κ2) is 7.02. The summed E-state index contributed by atoms with van der Waals surface area (Å²) in [6.45, 7) is 7.39. The summed E-state index contributed by atoms with van der Waals surface area (Å²) in [6.07, 6.45) is 1.18. The van der Waals surface area contributed by atoms with Crippen molar-refractivity contribution in [3.05, 3.63) is 11.7 Å². The van der Waals surface area contributed by atoms with Gasteiger partial charge in [0.2, 0.25) is 5.89 Å². The molecule has 1 rings (SSSR count). The van der Waals surface area contributed by atoms with E-state index in [1.54, 1.807) is 6.92 Å². The maximum atomic E-state index is 11.5. The number of ether oxygens (including phenoxy) is 2. The molecule has 7 heteroatoms. The molecule has 0 N–H and O–H groups in total. The highest BCUT2D eigenvalue weighted by Crippen LogP contribution is 2.10. The normalized spacial score (nSPS) is 11.2. The van der Waals surface area contributed by atoms with Gasteiger partial charge in [-0.05, 0) is 39.3 Å². The number of hydrogen-bond donors (Lipinski definition) is 0. The summed E-state index contributed by atoms with van der Waals surface area (Å²) >= 11 is 0. The lowest BCUT2D eigenvalue weighted by Gasteiger charge is -2.19. The fourth-order valence-electron chi connectivity index (χ4n) is 1.41. The van der Waals surface area contributed by atoms with Gasteiger partial charge in [-0.3, -0.25) is 4.79 Å².